The van der Waals surface area contributed by atoms with Gasteiger partial charge in [0.2, 0.25) is 5.82 Å². The molecular formula is C13H16F5NO. The van der Waals surface area contributed by atoms with Gasteiger partial charge in [0.1, 0.15) is 5.69 Å². The molecule has 0 aliphatic carbocycles. The van der Waals surface area contributed by atoms with Crippen LogP contribution in [0.4, 0.5) is 27.6 Å². The Morgan fingerprint density at radius 1 is 0.850 bits per heavy atom. The molecule has 2 nitrogen and oxygen atoms in total. The van der Waals surface area contributed by atoms with Gasteiger partial charge in [-0.05, 0) is 26.7 Å². The summed E-state index contributed by atoms with van der Waals surface area (Å²) in [6.45, 7) is 4.29. The quantitative estimate of drug-likeness (QED) is 0.355. The number of hydrogen-bond donors (Lipinski definition) is 1. The Bertz CT molecular complexity index is 436. The second-order valence-electron chi connectivity index (χ2n) is 4.50. The maximum atomic E-state index is 13.3. The van der Waals surface area contributed by atoms with Crippen LogP contribution >= 0.6 is 0 Å². The maximum absolute atomic E-state index is 13.3. The fourth-order valence-electron chi connectivity index (χ4n) is 1.52. The minimum absolute atomic E-state index is 0.0816. The van der Waals surface area contributed by atoms with Crippen molar-refractivity contribution in [3.05, 3.63) is 29.1 Å². The summed E-state index contributed by atoms with van der Waals surface area (Å²) in [6, 6.07) is 0. The number of ether oxygens (including phenoxy) is 1. The monoisotopic (exact) mass is 297 g/mol. The van der Waals surface area contributed by atoms with Crippen molar-refractivity contribution in [3.8, 4) is 0 Å². The van der Waals surface area contributed by atoms with E-state index in [1.165, 1.54) is 0 Å². The summed E-state index contributed by atoms with van der Waals surface area (Å²) < 4.78 is 70.4. The predicted octanol–water partition coefficient (Wildman–Crippen LogP) is 4.00. The van der Waals surface area contributed by atoms with Crippen molar-refractivity contribution >= 4 is 5.69 Å². The van der Waals surface area contributed by atoms with E-state index in [4.69, 9.17) is 4.74 Å². The molecule has 7 heteroatoms. The Labute approximate surface area is 113 Å². The van der Waals surface area contributed by atoms with Crippen molar-refractivity contribution in [1.82, 2.24) is 0 Å². The third-order valence-electron chi connectivity index (χ3n) is 2.53. The topological polar surface area (TPSA) is 21.3 Å². The Balaban J connectivity index is 2.57. The predicted molar refractivity (Wildman–Crippen MR) is 65.0 cm³/mol. The van der Waals surface area contributed by atoms with E-state index in [2.05, 4.69) is 5.32 Å². The van der Waals surface area contributed by atoms with Gasteiger partial charge in [0.05, 0.1) is 6.10 Å². The maximum Gasteiger partial charge on any atom is 0.200 e. The molecule has 0 saturated heterocycles. The number of rotatable bonds is 7. The van der Waals surface area contributed by atoms with E-state index < -0.39 is 34.8 Å². The van der Waals surface area contributed by atoms with Gasteiger partial charge in [-0.1, -0.05) is 0 Å². The first kappa shape index (κ1) is 16.7. The van der Waals surface area contributed by atoms with Crippen LogP contribution in [-0.2, 0) is 4.74 Å². The van der Waals surface area contributed by atoms with Gasteiger partial charge in [0, 0.05) is 13.2 Å². The lowest BCUT2D eigenvalue weighted by Crippen LogP contribution is -2.12. The van der Waals surface area contributed by atoms with Crippen LogP contribution in [0.25, 0.3) is 0 Å². The number of anilines is 1. The van der Waals surface area contributed by atoms with Gasteiger partial charge in [0.15, 0.2) is 23.3 Å². The number of unbranched alkanes of at least 4 members (excludes halogenated alkanes) is 1. The highest BCUT2D eigenvalue weighted by molar-refractivity contribution is 5.47. The molecule has 1 aromatic carbocycles. The van der Waals surface area contributed by atoms with Gasteiger partial charge in [-0.2, -0.15) is 0 Å². The van der Waals surface area contributed by atoms with E-state index in [-0.39, 0.29) is 12.6 Å². The van der Waals surface area contributed by atoms with Crippen LogP contribution in [0.3, 0.4) is 0 Å². The second-order valence-corrected chi connectivity index (χ2v) is 4.50. The molecule has 0 heterocycles. The minimum atomic E-state index is -2.16. The molecule has 1 rings (SSSR count). The molecule has 114 valence electrons. The van der Waals surface area contributed by atoms with Crippen LogP contribution in [0.15, 0.2) is 0 Å². The van der Waals surface area contributed by atoms with Gasteiger partial charge in [0.25, 0.3) is 0 Å². The van der Waals surface area contributed by atoms with E-state index in [1.807, 2.05) is 13.8 Å². The van der Waals surface area contributed by atoms with Crippen molar-refractivity contribution in [2.75, 3.05) is 18.5 Å². The molecule has 0 aliphatic rings. The van der Waals surface area contributed by atoms with Crippen LogP contribution in [0.2, 0.25) is 0 Å². The lowest BCUT2D eigenvalue weighted by Gasteiger charge is -2.11. The third kappa shape index (κ3) is 4.06. The Morgan fingerprint density at radius 2 is 1.35 bits per heavy atom. The zero-order valence-electron chi connectivity index (χ0n) is 11.2. The fraction of sp³-hybridized carbons (Fsp3) is 0.538. The second kappa shape index (κ2) is 7.42. The van der Waals surface area contributed by atoms with Crippen LogP contribution in [-0.4, -0.2) is 19.3 Å². The number of halogens is 5. The number of hydrogen-bond acceptors (Lipinski definition) is 2. The molecule has 0 radical (unpaired) electrons. The van der Waals surface area contributed by atoms with E-state index in [9.17, 15) is 22.0 Å². The number of nitrogens with one attached hydrogen (secondary N) is 1. The molecule has 0 bridgehead atoms. The van der Waals surface area contributed by atoms with E-state index in [0.717, 1.165) is 0 Å². The van der Waals surface area contributed by atoms with Crippen LogP contribution in [0, 0.1) is 29.1 Å². The fourth-order valence-corrected chi connectivity index (χ4v) is 1.52. The average molecular weight is 297 g/mol. The minimum Gasteiger partial charge on any atom is -0.380 e. The first-order valence-electron chi connectivity index (χ1n) is 6.23. The Morgan fingerprint density at radius 3 is 1.85 bits per heavy atom. The molecule has 0 amide bonds. The zero-order valence-corrected chi connectivity index (χ0v) is 11.2. The summed E-state index contributed by atoms with van der Waals surface area (Å²) in [5.41, 5.74) is -0.994. The first-order valence-corrected chi connectivity index (χ1v) is 6.23. The molecule has 0 aromatic heterocycles. The Kier molecular flexibility index (Phi) is 6.19. The molecule has 20 heavy (non-hydrogen) atoms. The van der Waals surface area contributed by atoms with Gasteiger partial charge in [-0.15, -0.1) is 0 Å². The molecular weight excluding hydrogens is 281 g/mol. The van der Waals surface area contributed by atoms with Crippen molar-refractivity contribution in [1.29, 1.82) is 0 Å². The summed E-state index contributed by atoms with van der Waals surface area (Å²) in [4.78, 5) is 0. The van der Waals surface area contributed by atoms with Gasteiger partial charge in [-0.3, -0.25) is 0 Å². The number of benzene rings is 1. The molecule has 0 saturated carbocycles. The van der Waals surface area contributed by atoms with Crippen molar-refractivity contribution < 1.29 is 26.7 Å². The summed E-state index contributed by atoms with van der Waals surface area (Å²) in [7, 11) is 0. The highest BCUT2D eigenvalue weighted by atomic mass is 19.2. The average Bonchev–Trinajstić information content (AvgIpc) is 2.41. The lowest BCUT2D eigenvalue weighted by atomic mass is 10.2. The standard InChI is InChI=1S/C13H16F5NO/c1-7(2)20-6-4-3-5-19-13-11(17)9(15)8(14)10(16)12(13)18/h7,19H,3-6H2,1-2H3. The smallest absolute Gasteiger partial charge is 0.200 e. The Hall–Kier alpha value is -1.37. The molecule has 1 aromatic rings. The highest BCUT2D eigenvalue weighted by Crippen LogP contribution is 2.26. The summed E-state index contributed by atoms with van der Waals surface area (Å²) >= 11 is 0. The largest absolute Gasteiger partial charge is 0.380 e. The van der Waals surface area contributed by atoms with E-state index in [0.29, 0.717) is 19.4 Å². The molecule has 0 fully saturated rings. The molecule has 0 aliphatic heterocycles. The molecule has 0 unspecified atom stereocenters. The van der Waals surface area contributed by atoms with Crippen LogP contribution < -0.4 is 5.32 Å². The molecule has 1 N–H and O–H groups in total. The lowest BCUT2D eigenvalue weighted by molar-refractivity contribution is 0.0765. The van der Waals surface area contributed by atoms with Gasteiger partial charge >= 0.3 is 0 Å². The molecule has 0 spiro atoms. The van der Waals surface area contributed by atoms with Crippen LogP contribution in [0.1, 0.15) is 26.7 Å². The SMILES string of the molecule is CC(C)OCCCCNc1c(F)c(F)c(F)c(F)c1F. The van der Waals surface area contributed by atoms with E-state index >= 15 is 0 Å². The van der Waals surface area contributed by atoms with Crippen LogP contribution in [0.5, 0.6) is 0 Å². The first-order chi connectivity index (χ1) is 9.36. The van der Waals surface area contributed by atoms with Crippen molar-refractivity contribution in [2.45, 2.75) is 32.8 Å². The van der Waals surface area contributed by atoms with Crippen molar-refractivity contribution in [3.63, 3.8) is 0 Å². The molecule has 0 atom stereocenters. The summed E-state index contributed by atoms with van der Waals surface area (Å²) in [6.07, 6.45) is 1.17. The van der Waals surface area contributed by atoms with Gasteiger partial charge in [-0.25, -0.2) is 22.0 Å². The normalized spacial score (nSPS) is 11.2. The zero-order chi connectivity index (χ0) is 15.3. The third-order valence-corrected chi connectivity index (χ3v) is 2.53. The highest BCUT2D eigenvalue weighted by Gasteiger charge is 2.25. The summed E-state index contributed by atoms with van der Waals surface area (Å²) in [5.74, 6) is -9.75. The van der Waals surface area contributed by atoms with Gasteiger partial charge < -0.3 is 10.1 Å². The van der Waals surface area contributed by atoms with Crippen molar-refractivity contribution in [2.24, 2.45) is 0 Å². The van der Waals surface area contributed by atoms with E-state index in [1.54, 1.807) is 0 Å². The summed E-state index contributed by atoms with van der Waals surface area (Å²) in [5, 5.41) is 2.23.